The molecule has 0 aliphatic carbocycles. The number of fused-ring (bicyclic) bond motifs is 2. The van der Waals surface area contributed by atoms with Crippen LogP contribution in [0.15, 0.2) is 42.5 Å². The second kappa shape index (κ2) is 7.69. The summed E-state index contributed by atoms with van der Waals surface area (Å²) in [5.74, 6) is -0.285. The number of hydrogen-bond acceptors (Lipinski definition) is 3. The number of nitrogens with zero attached hydrogens (tertiary/aromatic N) is 1. The maximum absolute atomic E-state index is 14.9. The first-order valence-corrected chi connectivity index (χ1v) is 9.73. The molecule has 0 saturated carbocycles. The third kappa shape index (κ3) is 3.98. The number of piperazine rings is 1. The fourth-order valence-electron chi connectivity index (χ4n) is 4.28. The Morgan fingerprint density at radius 3 is 2.56 bits per heavy atom. The van der Waals surface area contributed by atoms with E-state index in [2.05, 4.69) is 27.7 Å². The van der Waals surface area contributed by atoms with E-state index in [9.17, 15) is 9.18 Å². The molecule has 0 aromatic heterocycles. The summed E-state index contributed by atoms with van der Waals surface area (Å²) >= 11 is 0. The Balaban J connectivity index is 1.69. The summed E-state index contributed by atoms with van der Waals surface area (Å²) in [6.45, 7) is 3.76. The standard InChI is InChI=1S/C22H26FN3O/c1-15(27)24-10-9-17-11-20(16-5-3-2-4-6-16)22(12-21(17)23)26-13-18-7-8-19(14-26)25-18/h2-6,11-12,18-19,25H,7-10,13-14H2,1H3,(H,24,27). The molecule has 0 spiro atoms. The molecule has 2 N–H and O–H groups in total. The van der Waals surface area contributed by atoms with Crippen molar-refractivity contribution in [2.24, 2.45) is 0 Å². The Bertz CT molecular complexity index is 812. The largest absolute Gasteiger partial charge is 0.368 e. The van der Waals surface area contributed by atoms with Crippen LogP contribution in [0.2, 0.25) is 0 Å². The second-order valence-corrected chi connectivity index (χ2v) is 7.60. The van der Waals surface area contributed by atoms with Gasteiger partial charge in [-0.05, 0) is 42.5 Å². The van der Waals surface area contributed by atoms with E-state index < -0.39 is 0 Å². The van der Waals surface area contributed by atoms with Crippen molar-refractivity contribution in [3.05, 3.63) is 53.8 Å². The van der Waals surface area contributed by atoms with E-state index in [1.54, 1.807) is 6.07 Å². The highest BCUT2D eigenvalue weighted by atomic mass is 19.1. The summed E-state index contributed by atoms with van der Waals surface area (Å²) in [5.41, 5.74) is 3.78. The van der Waals surface area contributed by atoms with Gasteiger partial charge in [0, 0.05) is 49.9 Å². The van der Waals surface area contributed by atoms with Gasteiger partial charge in [-0.2, -0.15) is 0 Å². The topological polar surface area (TPSA) is 44.4 Å². The van der Waals surface area contributed by atoms with Crippen molar-refractivity contribution in [1.29, 1.82) is 0 Å². The van der Waals surface area contributed by atoms with Crippen LogP contribution < -0.4 is 15.5 Å². The molecule has 2 bridgehead atoms. The third-order valence-electron chi connectivity index (χ3n) is 5.58. The molecule has 2 aromatic carbocycles. The van der Waals surface area contributed by atoms with Gasteiger partial charge in [-0.25, -0.2) is 4.39 Å². The Morgan fingerprint density at radius 2 is 1.89 bits per heavy atom. The van der Waals surface area contributed by atoms with Gasteiger partial charge in [0.15, 0.2) is 0 Å². The van der Waals surface area contributed by atoms with Gasteiger partial charge >= 0.3 is 0 Å². The summed E-state index contributed by atoms with van der Waals surface area (Å²) < 4.78 is 14.9. The zero-order valence-electron chi connectivity index (χ0n) is 15.7. The van der Waals surface area contributed by atoms with Crippen molar-refractivity contribution in [3.63, 3.8) is 0 Å². The van der Waals surface area contributed by atoms with Crippen LogP contribution in [0.3, 0.4) is 0 Å². The first-order chi connectivity index (χ1) is 13.1. The molecule has 2 saturated heterocycles. The van der Waals surface area contributed by atoms with Gasteiger partial charge in [-0.3, -0.25) is 4.79 Å². The van der Waals surface area contributed by atoms with Crippen molar-refractivity contribution in [1.82, 2.24) is 10.6 Å². The molecule has 4 rings (SSSR count). The molecule has 0 radical (unpaired) electrons. The predicted molar refractivity (Wildman–Crippen MR) is 106 cm³/mol. The molecule has 5 heteroatoms. The molecular weight excluding hydrogens is 341 g/mol. The molecule has 27 heavy (non-hydrogen) atoms. The van der Waals surface area contributed by atoms with E-state index in [4.69, 9.17) is 0 Å². The number of carbonyl (C=O) groups is 1. The molecule has 2 aromatic rings. The molecule has 2 heterocycles. The van der Waals surface area contributed by atoms with Gasteiger partial charge in [0.05, 0.1) is 0 Å². The molecule has 1 amide bonds. The Labute approximate surface area is 159 Å². The lowest BCUT2D eigenvalue weighted by atomic mass is 9.97. The highest BCUT2D eigenvalue weighted by molar-refractivity contribution is 5.80. The molecule has 2 unspecified atom stereocenters. The van der Waals surface area contributed by atoms with Crippen molar-refractivity contribution in [2.45, 2.75) is 38.3 Å². The van der Waals surface area contributed by atoms with Gasteiger partial charge in [-0.15, -0.1) is 0 Å². The molecule has 142 valence electrons. The van der Waals surface area contributed by atoms with Crippen LogP contribution in [0, 0.1) is 5.82 Å². The minimum Gasteiger partial charge on any atom is -0.368 e. The Hall–Kier alpha value is -2.40. The summed E-state index contributed by atoms with van der Waals surface area (Å²) in [6.07, 6.45) is 2.87. The number of benzene rings is 2. The predicted octanol–water partition coefficient (Wildman–Crippen LogP) is 3.11. The van der Waals surface area contributed by atoms with Gasteiger partial charge in [0.1, 0.15) is 5.82 Å². The summed E-state index contributed by atoms with van der Waals surface area (Å²) in [7, 11) is 0. The zero-order valence-corrected chi connectivity index (χ0v) is 15.7. The molecule has 4 nitrogen and oxygen atoms in total. The average Bonchev–Trinajstić information content (AvgIpc) is 3.01. The highest BCUT2D eigenvalue weighted by Gasteiger charge is 2.33. The van der Waals surface area contributed by atoms with Gasteiger partial charge in [0.2, 0.25) is 5.91 Å². The average molecular weight is 367 g/mol. The number of hydrogen-bond donors (Lipinski definition) is 2. The number of amides is 1. The lowest BCUT2D eigenvalue weighted by Crippen LogP contribution is -2.51. The van der Waals surface area contributed by atoms with Crippen LogP contribution in [0.1, 0.15) is 25.3 Å². The van der Waals surface area contributed by atoms with Crippen LogP contribution in [0.25, 0.3) is 11.1 Å². The van der Waals surface area contributed by atoms with E-state index in [0.29, 0.717) is 30.6 Å². The van der Waals surface area contributed by atoms with Crippen molar-refractivity contribution in [2.75, 3.05) is 24.5 Å². The minimum absolute atomic E-state index is 0.0911. The zero-order chi connectivity index (χ0) is 18.8. The number of halogens is 1. The number of nitrogens with one attached hydrogen (secondary N) is 2. The minimum atomic E-state index is -0.194. The third-order valence-corrected chi connectivity index (χ3v) is 5.58. The van der Waals surface area contributed by atoms with E-state index in [0.717, 1.165) is 29.9 Å². The van der Waals surface area contributed by atoms with Crippen LogP contribution in [0.4, 0.5) is 10.1 Å². The molecule has 2 fully saturated rings. The Morgan fingerprint density at radius 1 is 1.19 bits per heavy atom. The van der Waals surface area contributed by atoms with Crippen LogP contribution in [-0.2, 0) is 11.2 Å². The number of anilines is 1. The van der Waals surface area contributed by atoms with Crippen LogP contribution in [0.5, 0.6) is 0 Å². The second-order valence-electron chi connectivity index (χ2n) is 7.60. The molecule has 2 aliphatic rings. The maximum Gasteiger partial charge on any atom is 0.216 e. The highest BCUT2D eigenvalue weighted by Crippen LogP contribution is 2.36. The summed E-state index contributed by atoms with van der Waals surface area (Å²) in [6, 6.07) is 14.8. The monoisotopic (exact) mass is 367 g/mol. The normalized spacial score (nSPS) is 21.3. The summed E-state index contributed by atoms with van der Waals surface area (Å²) in [5, 5.41) is 6.39. The van der Waals surface area contributed by atoms with Crippen LogP contribution >= 0.6 is 0 Å². The quantitative estimate of drug-likeness (QED) is 0.854. The van der Waals surface area contributed by atoms with Gasteiger partial charge < -0.3 is 15.5 Å². The molecule has 2 aliphatic heterocycles. The first-order valence-electron chi connectivity index (χ1n) is 9.73. The molecule has 2 atom stereocenters. The lowest BCUT2D eigenvalue weighted by molar-refractivity contribution is -0.118. The van der Waals surface area contributed by atoms with Gasteiger partial charge in [-0.1, -0.05) is 30.3 Å². The number of carbonyl (C=O) groups excluding carboxylic acids is 1. The maximum atomic E-state index is 14.9. The lowest BCUT2D eigenvalue weighted by Gasteiger charge is -2.36. The SMILES string of the molecule is CC(=O)NCCc1cc(-c2ccccc2)c(N2CC3CCC(C2)N3)cc1F. The van der Waals surface area contributed by atoms with Crippen molar-refractivity contribution < 1.29 is 9.18 Å². The number of rotatable bonds is 5. The van der Waals surface area contributed by atoms with E-state index in [-0.39, 0.29) is 11.7 Å². The van der Waals surface area contributed by atoms with Crippen molar-refractivity contribution >= 4 is 11.6 Å². The van der Waals surface area contributed by atoms with Crippen LogP contribution in [-0.4, -0.2) is 37.6 Å². The fraction of sp³-hybridized carbons (Fsp3) is 0.409. The van der Waals surface area contributed by atoms with E-state index >= 15 is 0 Å². The fourth-order valence-corrected chi connectivity index (χ4v) is 4.28. The van der Waals surface area contributed by atoms with E-state index in [1.165, 1.54) is 19.8 Å². The van der Waals surface area contributed by atoms with Crippen molar-refractivity contribution in [3.8, 4) is 11.1 Å². The van der Waals surface area contributed by atoms with E-state index in [1.807, 2.05) is 24.3 Å². The van der Waals surface area contributed by atoms with Gasteiger partial charge in [0.25, 0.3) is 0 Å². The first kappa shape index (κ1) is 18.0. The Kier molecular flexibility index (Phi) is 5.12. The molecular formula is C22H26FN3O. The smallest absolute Gasteiger partial charge is 0.216 e. The summed E-state index contributed by atoms with van der Waals surface area (Å²) in [4.78, 5) is 13.5.